The summed E-state index contributed by atoms with van der Waals surface area (Å²) in [6.07, 6.45) is 6.78. The molecule has 1 atom stereocenters. The Labute approximate surface area is 133 Å². The van der Waals surface area contributed by atoms with E-state index in [0.717, 1.165) is 31.4 Å². The minimum Gasteiger partial charge on any atom is -0.476 e. The molecule has 118 valence electrons. The maximum atomic E-state index is 11.2. The molecule has 0 unspecified atom stereocenters. The van der Waals surface area contributed by atoms with E-state index in [0.29, 0.717) is 12.5 Å². The molecule has 2 N–H and O–H groups in total. The molecule has 3 heterocycles. The second-order valence-corrected chi connectivity index (χ2v) is 7.18. The molecule has 0 fully saturated rings. The van der Waals surface area contributed by atoms with Crippen molar-refractivity contribution >= 4 is 21.6 Å². The lowest BCUT2D eigenvalue weighted by molar-refractivity contribution is 0.203. The summed E-state index contributed by atoms with van der Waals surface area (Å²) in [6.45, 7) is 1.29. The van der Waals surface area contributed by atoms with Gasteiger partial charge in [-0.05, 0) is 12.5 Å². The number of nitrogens with zero attached hydrogens (tertiary/aromatic N) is 3. The largest absolute Gasteiger partial charge is 0.476 e. The summed E-state index contributed by atoms with van der Waals surface area (Å²) in [5, 5.41) is 5.16. The quantitative estimate of drug-likeness (QED) is 0.900. The molecule has 0 spiro atoms. The zero-order valence-corrected chi connectivity index (χ0v) is 13.2. The van der Waals surface area contributed by atoms with Crippen molar-refractivity contribution in [3.8, 4) is 5.88 Å². The smallest absolute Gasteiger partial charge is 0.239 e. The molecule has 0 saturated heterocycles. The normalized spacial score (nSPS) is 18.0. The van der Waals surface area contributed by atoms with E-state index in [1.165, 1.54) is 6.07 Å². The Balaban J connectivity index is 1.65. The number of imidazole rings is 1. The van der Waals surface area contributed by atoms with Crippen LogP contribution in [-0.4, -0.2) is 29.6 Å². The summed E-state index contributed by atoms with van der Waals surface area (Å²) >= 11 is 5.99. The van der Waals surface area contributed by atoms with Crippen LogP contribution in [0, 0.1) is 5.92 Å². The molecule has 0 amide bonds. The highest BCUT2D eigenvalue weighted by atomic mass is 35.5. The van der Waals surface area contributed by atoms with Gasteiger partial charge < -0.3 is 9.30 Å². The van der Waals surface area contributed by atoms with Gasteiger partial charge in [0.1, 0.15) is 15.7 Å². The fraction of sp³-hybridized carbons (Fsp3) is 0.385. The van der Waals surface area contributed by atoms with Crippen molar-refractivity contribution < 1.29 is 13.2 Å². The van der Waals surface area contributed by atoms with Gasteiger partial charge in [-0.15, -0.1) is 0 Å². The standard InChI is InChI=1S/C13H15ClN4O3S/c14-11-5-10(22(15,19)20)6-17-13(11)21-8-9-1-2-12-16-3-4-18(12)7-9/h3-6,9H,1-2,7-8H2,(H2,15,19,20)/t9-/m0/s1. The Morgan fingerprint density at radius 1 is 1.45 bits per heavy atom. The summed E-state index contributed by atoms with van der Waals surface area (Å²) in [5.41, 5.74) is 0. The number of hydrogen-bond donors (Lipinski definition) is 1. The van der Waals surface area contributed by atoms with E-state index < -0.39 is 10.0 Å². The summed E-state index contributed by atoms with van der Waals surface area (Å²) in [4.78, 5) is 8.07. The SMILES string of the molecule is NS(=O)(=O)c1cnc(OC[C@H]2CCc3nccn3C2)c(Cl)c1. The molecule has 0 saturated carbocycles. The van der Waals surface area contributed by atoms with Gasteiger partial charge in [0.25, 0.3) is 0 Å². The second kappa shape index (κ2) is 5.86. The summed E-state index contributed by atoms with van der Waals surface area (Å²) in [7, 11) is -3.82. The van der Waals surface area contributed by atoms with Gasteiger partial charge in [0.2, 0.25) is 15.9 Å². The molecule has 0 bridgehead atoms. The fourth-order valence-electron chi connectivity index (χ4n) is 2.44. The molecular formula is C13H15ClN4O3S. The maximum Gasteiger partial charge on any atom is 0.239 e. The highest BCUT2D eigenvalue weighted by Gasteiger charge is 2.20. The van der Waals surface area contributed by atoms with Crippen LogP contribution in [0.15, 0.2) is 29.6 Å². The van der Waals surface area contributed by atoms with Crippen LogP contribution in [0.3, 0.4) is 0 Å². The molecule has 7 nitrogen and oxygen atoms in total. The highest BCUT2D eigenvalue weighted by Crippen LogP contribution is 2.26. The lowest BCUT2D eigenvalue weighted by Crippen LogP contribution is -2.25. The number of pyridine rings is 1. The fourth-order valence-corrected chi connectivity index (χ4v) is 3.21. The molecule has 0 aliphatic carbocycles. The first kappa shape index (κ1) is 15.3. The predicted octanol–water partition coefficient (Wildman–Crippen LogP) is 1.22. The lowest BCUT2D eigenvalue weighted by Gasteiger charge is -2.23. The van der Waals surface area contributed by atoms with Crippen molar-refractivity contribution in [3.05, 3.63) is 35.5 Å². The van der Waals surface area contributed by atoms with E-state index in [9.17, 15) is 8.42 Å². The summed E-state index contributed by atoms with van der Waals surface area (Å²) in [5.74, 6) is 1.63. The van der Waals surface area contributed by atoms with E-state index in [1.54, 1.807) is 6.20 Å². The minimum atomic E-state index is -3.82. The van der Waals surface area contributed by atoms with Gasteiger partial charge in [-0.2, -0.15) is 0 Å². The van der Waals surface area contributed by atoms with Crippen LogP contribution in [0.5, 0.6) is 5.88 Å². The van der Waals surface area contributed by atoms with Crippen LogP contribution in [-0.2, 0) is 23.0 Å². The van der Waals surface area contributed by atoms with Gasteiger partial charge >= 0.3 is 0 Å². The van der Waals surface area contributed by atoms with Crippen molar-refractivity contribution in [2.45, 2.75) is 24.3 Å². The number of sulfonamides is 1. The lowest BCUT2D eigenvalue weighted by atomic mass is 10.0. The summed E-state index contributed by atoms with van der Waals surface area (Å²) in [6, 6.07) is 1.24. The van der Waals surface area contributed by atoms with Crippen molar-refractivity contribution in [3.63, 3.8) is 0 Å². The third-order valence-corrected chi connectivity index (χ3v) is 4.75. The first-order chi connectivity index (χ1) is 10.4. The molecule has 22 heavy (non-hydrogen) atoms. The molecule has 9 heteroatoms. The molecule has 1 aliphatic rings. The number of hydrogen-bond acceptors (Lipinski definition) is 5. The van der Waals surface area contributed by atoms with Gasteiger partial charge in [-0.25, -0.2) is 23.5 Å². The van der Waals surface area contributed by atoms with Crippen LogP contribution in [0.4, 0.5) is 0 Å². The van der Waals surface area contributed by atoms with E-state index in [1.807, 2.05) is 6.20 Å². The third-order valence-electron chi connectivity index (χ3n) is 3.60. The summed E-state index contributed by atoms with van der Waals surface area (Å²) < 4.78 is 30.2. The van der Waals surface area contributed by atoms with E-state index in [2.05, 4.69) is 14.5 Å². The number of fused-ring (bicyclic) bond motifs is 1. The minimum absolute atomic E-state index is 0.130. The van der Waals surface area contributed by atoms with Crippen LogP contribution >= 0.6 is 11.6 Å². The Kier molecular flexibility index (Phi) is 4.07. The number of rotatable bonds is 4. The number of aryl methyl sites for hydroxylation is 1. The van der Waals surface area contributed by atoms with Gasteiger partial charge in [0, 0.05) is 31.3 Å². The Morgan fingerprint density at radius 3 is 3.00 bits per heavy atom. The number of halogens is 1. The Bertz CT molecular complexity index is 790. The number of nitrogens with two attached hydrogens (primary N) is 1. The Hall–Kier alpha value is -1.64. The van der Waals surface area contributed by atoms with E-state index in [4.69, 9.17) is 21.5 Å². The monoisotopic (exact) mass is 342 g/mol. The van der Waals surface area contributed by atoms with Gasteiger partial charge in [0.15, 0.2) is 0 Å². The average molecular weight is 343 g/mol. The van der Waals surface area contributed by atoms with Gasteiger partial charge in [-0.3, -0.25) is 0 Å². The van der Waals surface area contributed by atoms with Gasteiger partial charge in [0.05, 0.1) is 12.8 Å². The molecular weight excluding hydrogens is 328 g/mol. The Morgan fingerprint density at radius 2 is 2.27 bits per heavy atom. The molecule has 0 aromatic carbocycles. The van der Waals surface area contributed by atoms with Crippen molar-refractivity contribution in [2.24, 2.45) is 11.1 Å². The third kappa shape index (κ3) is 3.23. The molecule has 3 rings (SSSR count). The highest BCUT2D eigenvalue weighted by molar-refractivity contribution is 7.89. The zero-order valence-electron chi connectivity index (χ0n) is 11.6. The number of aromatic nitrogens is 3. The van der Waals surface area contributed by atoms with Crippen LogP contribution in [0.1, 0.15) is 12.2 Å². The zero-order chi connectivity index (χ0) is 15.7. The first-order valence-electron chi connectivity index (χ1n) is 6.74. The maximum absolute atomic E-state index is 11.2. The van der Waals surface area contributed by atoms with Crippen molar-refractivity contribution in [1.29, 1.82) is 0 Å². The first-order valence-corrected chi connectivity index (χ1v) is 8.67. The molecule has 0 radical (unpaired) electrons. The number of primary sulfonamides is 1. The van der Waals surface area contributed by atoms with Crippen molar-refractivity contribution in [2.75, 3.05) is 6.61 Å². The van der Waals surface area contributed by atoms with Crippen LogP contribution in [0.2, 0.25) is 5.02 Å². The number of ether oxygens (including phenoxy) is 1. The molecule has 2 aromatic rings. The predicted molar refractivity (Wildman–Crippen MR) is 80.2 cm³/mol. The van der Waals surface area contributed by atoms with Crippen LogP contribution in [0.25, 0.3) is 0 Å². The van der Waals surface area contributed by atoms with Crippen LogP contribution < -0.4 is 9.88 Å². The van der Waals surface area contributed by atoms with Crippen molar-refractivity contribution in [1.82, 2.24) is 14.5 Å². The molecule has 2 aromatic heterocycles. The van der Waals surface area contributed by atoms with E-state index in [-0.39, 0.29) is 15.8 Å². The second-order valence-electron chi connectivity index (χ2n) is 5.21. The van der Waals surface area contributed by atoms with E-state index >= 15 is 0 Å². The van der Waals surface area contributed by atoms with Gasteiger partial charge in [-0.1, -0.05) is 11.6 Å². The average Bonchev–Trinajstić information content (AvgIpc) is 2.92. The molecule has 1 aliphatic heterocycles. The topological polar surface area (TPSA) is 100 Å².